The van der Waals surface area contributed by atoms with Crippen LogP contribution in [0.25, 0.3) is 10.4 Å². The molecular weight excluding hydrogens is 190 g/mol. The monoisotopic (exact) mass is 197 g/mol. The van der Waals surface area contributed by atoms with E-state index < -0.39 is 6.04 Å². The van der Waals surface area contributed by atoms with Crippen LogP contribution in [-0.4, -0.2) is 28.0 Å². The molecule has 0 saturated carbocycles. The summed E-state index contributed by atoms with van der Waals surface area (Å²) >= 11 is 1.52. The molecule has 0 radical (unpaired) electrons. The molecule has 1 amide bonds. The van der Waals surface area contributed by atoms with Crippen LogP contribution >= 0.6 is 11.8 Å². The Balaban J connectivity index is 2.19. The van der Waals surface area contributed by atoms with Crippen LogP contribution in [0, 0.1) is 0 Å². The summed E-state index contributed by atoms with van der Waals surface area (Å²) in [7, 11) is 0. The Morgan fingerprint density at radius 3 is 3.31 bits per heavy atom. The molecule has 0 aromatic heterocycles. The summed E-state index contributed by atoms with van der Waals surface area (Å²) in [5.74, 6) is 0.509. The Hall–Kier alpha value is -1.17. The molecule has 2 rings (SSSR count). The Morgan fingerprint density at radius 2 is 2.62 bits per heavy atom. The van der Waals surface area contributed by atoms with Gasteiger partial charge < -0.3 is 10.6 Å². The molecule has 1 fully saturated rings. The fourth-order valence-electron chi connectivity index (χ4n) is 1.31. The molecule has 2 aliphatic heterocycles. The van der Waals surface area contributed by atoms with Gasteiger partial charge in [-0.1, -0.05) is 5.11 Å². The zero-order valence-corrected chi connectivity index (χ0v) is 7.44. The lowest BCUT2D eigenvalue weighted by atomic mass is 10.1. The lowest BCUT2D eigenvalue weighted by Gasteiger charge is -2.45. The quantitative estimate of drug-likeness (QED) is 0.285. The minimum atomic E-state index is -0.395. The van der Waals surface area contributed by atoms with Crippen LogP contribution in [0.3, 0.4) is 0 Å². The molecule has 13 heavy (non-hydrogen) atoms. The van der Waals surface area contributed by atoms with Crippen molar-refractivity contribution in [2.45, 2.75) is 11.4 Å². The number of carbonyl (C=O) groups is 1. The van der Waals surface area contributed by atoms with E-state index in [4.69, 9.17) is 11.3 Å². The molecule has 1 saturated heterocycles. The zero-order valence-electron chi connectivity index (χ0n) is 6.62. The maximum atomic E-state index is 11.2. The summed E-state index contributed by atoms with van der Waals surface area (Å²) in [6.45, 7) is 0. The van der Waals surface area contributed by atoms with E-state index in [0.29, 0.717) is 11.4 Å². The van der Waals surface area contributed by atoms with E-state index in [2.05, 4.69) is 10.0 Å². The molecule has 2 atom stereocenters. The van der Waals surface area contributed by atoms with Crippen LogP contribution < -0.4 is 5.73 Å². The van der Waals surface area contributed by atoms with E-state index in [9.17, 15) is 4.79 Å². The summed E-state index contributed by atoms with van der Waals surface area (Å²) in [6, 6.07) is -0.395. The minimum Gasteiger partial charge on any atom is -0.317 e. The van der Waals surface area contributed by atoms with Gasteiger partial charge in [0.1, 0.15) is 11.4 Å². The van der Waals surface area contributed by atoms with Gasteiger partial charge in [-0.15, -0.1) is 11.8 Å². The number of rotatable bonds is 1. The van der Waals surface area contributed by atoms with Crippen LogP contribution in [0.15, 0.2) is 17.0 Å². The van der Waals surface area contributed by atoms with E-state index in [1.165, 1.54) is 16.7 Å². The van der Waals surface area contributed by atoms with E-state index in [0.717, 1.165) is 0 Å². The van der Waals surface area contributed by atoms with Crippen molar-refractivity contribution in [1.82, 2.24) is 4.90 Å². The number of azide groups is 1. The normalized spacial score (nSPS) is 31.3. The maximum absolute atomic E-state index is 11.2. The Bertz CT molecular complexity index is 334. The molecule has 0 spiro atoms. The third kappa shape index (κ3) is 1.17. The highest BCUT2D eigenvalue weighted by Crippen LogP contribution is 2.35. The molecular formula is C6H7N5OS. The van der Waals surface area contributed by atoms with Crippen LogP contribution in [0.2, 0.25) is 0 Å². The van der Waals surface area contributed by atoms with Crippen molar-refractivity contribution in [2.75, 3.05) is 5.75 Å². The van der Waals surface area contributed by atoms with Crippen LogP contribution in [0.4, 0.5) is 0 Å². The third-order valence-corrected chi connectivity index (χ3v) is 3.31. The number of hydrogen-bond acceptors (Lipinski definition) is 4. The molecule has 2 aliphatic rings. The Kier molecular flexibility index (Phi) is 1.91. The summed E-state index contributed by atoms with van der Waals surface area (Å²) in [6.07, 6.45) is 1.58. The number of thioether (sulfide) groups is 1. The summed E-state index contributed by atoms with van der Waals surface area (Å²) in [4.78, 5) is 15.3. The largest absolute Gasteiger partial charge is 0.317 e. The second-order valence-electron chi connectivity index (χ2n) is 2.78. The molecule has 2 N–H and O–H groups in total. The molecule has 0 aliphatic carbocycles. The summed E-state index contributed by atoms with van der Waals surface area (Å²) < 4.78 is 0. The second kappa shape index (κ2) is 2.95. The first-order valence-electron chi connectivity index (χ1n) is 3.69. The highest BCUT2D eigenvalue weighted by atomic mass is 32.2. The van der Waals surface area contributed by atoms with Gasteiger partial charge >= 0.3 is 0 Å². The van der Waals surface area contributed by atoms with E-state index in [-0.39, 0.29) is 11.3 Å². The van der Waals surface area contributed by atoms with Crippen LogP contribution in [0.5, 0.6) is 0 Å². The summed E-state index contributed by atoms with van der Waals surface area (Å²) in [5, 5.41) is 3.48. The smallest absolute Gasteiger partial charge is 0.247 e. The molecule has 7 heteroatoms. The maximum Gasteiger partial charge on any atom is 0.247 e. The molecule has 2 heterocycles. The summed E-state index contributed by atoms with van der Waals surface area (Å²) in [5.41, 5.74) is 14.3. The SMILES string of the molecule is [N-]=[N+]=NC1=CN2C(=O)C(N)C2SC1. The van der Waals surface area contributed by atoms with Gasteiger partial charge in [-0.05, 0) is 5.53 Å². The molecule has 0 aromatic rings. The van der Waals surface area contributed by atoms with E-state index in [1.807, 2.05) is 0 Å². The minimum absolute atomic E-state index is 0.0325. The number of nitrogens with zero attached hydrogens (tertiary/aromatic N) is 4. The van der Waals surface area contributed by atoms with Gasteiger partial charge in [-0.3, -0.25) is 4.79 Å². The lowest BCUT2D eigenvalue weighted by molar-refractivity contribution is -0.140. The number of β-lactam (4-membered cyclic amide) rings is 1. The van der Waals surface area contributed by atoms with Crippen molar-refractivity contribution >= 4 is 17.7 Å². The van der Waals surface area contributed by atoms with Gasteiger partial charge in [0.25, 0.3) is 0 Å². The standard InChI is InChI=1S/C6H7N5OS/c7-4-5(12)11-1-3(9-10-8)2-13-6(4)11/h1,4,6H,2,7H2. The van der Waals surface area contributed by atoms with Gasteiger partial charge in [0.2, 0.25) is 5.91 Å². The van der Waals surface area contributed by atoms with Gasteiger partial charge in [-0.25, -0.2) is 0 Å². The number of nitrogens with two attached hydrogens (primary N) is 1. The molecule has 0 aromatic carbocycles. The van der Waals surface area contributed by atoms with Crippen molar-refractivity contribution < 1.29 is 4.79 Å². The second-order valence-corrected chi connectivity index (χ2v) is 3.89. The third-order valence-electron chi connectivity index (χ3n) is 1.98. The molecule has 2 unspecified atom stereocenters. The van der Waals surface area contributed by atoms with Crippen molar-refractivity contribution in [1.29, 1.82) is 0 Å². The first kappa shape index (κ1) is 8.43. The molecule has 68 valence electrons. The fourth-order valence-corrected chi connectivity index (χ4v) is 2.44. The van der Waals surface area contributed by atoms with Crippen molar-refractivity contribution in [3.05, 3.63) is 22.3 Å². The highest BCUT2D eigenvalue weighted by molar-refractivity contribution is 8.00. The Morgan fingerprint density at radius 1 is 1.85 bits per heavy atom. The van der Waals surface area contributed by atoms with Gasteiger partial charge in [-0.2, -0.15) is 0 Å². The number of hydrogen-bond donors (Lipinski definition) is 1. The predicted octanol–water partition coefficient (Wildman–Crippen LogP) is 0.381. The molecule has 6 nitrogen and oxygen atoms in total. The number of carbonyl (C=O) groups excluding carboxylic acids is 1. The number of amides is 1. The lowest BCUT2D eigenvalue weighted by Crippen LogP contribution is -2.65. The number of fused-ring (bicyclic) bond motifs is 1. The van der Waals surface area contributed by atoms with Crippen molar-refractivity contribution in [3.63, 3.8) is 0 Å². The predicted molar refractivity (Wildman–Crippen MR) is 48.3 cm³/mol. The average molecular weight is 197 g/mol. The molecule has 0 bridgehead atoms. The van der Waals surface area contributed by atoms with Crippen molar-refractivity contribution in [3.8, 4) is 0 Å². The van der Waals surface area contributed by atoms with Gasteiger partial charge in [0, 0.05) is 22.6 Å². The van der Waals surface area contributed by atoms with E-state index >= 15 is 0 Å². The fraction of sp³-hybridized carbons (Fsp3) is 0.500. The van der Waals surface area contributed by atoms with Crippen molar-refractivity contribution in [2.24, 2.45) is 10.8 Å². The van der Waals surface area contributed by atoms with Gasteiger partial charge in [0.15, 0.2) is 0 Å². The topological polar surface area (TPSA) is 95.1 Å². The first-order valence-corrected chi connectivity index (χ1v) is 4.74. The highest BCUT2D eigenvalue weighted by Gasteiger charge is 2.46. The zero-order chi connectivity index (χ0) is 9.42. The van der Waals surface area contributed by atoms with Gasteiger partial charge in [0.05, 0.1) is 0 Å². The van der Waals surface area contributed by atoms with Crippen LogP contribution in [0.1, 0.15) is 0 Å². The van der Waals surface area contributed by atoms with Crippen LogP contribution in [-0.2, 0) is 4.79 Å². The van der Waals surface area contributed by atoms with E-state index in [1.54, 1.807) is 6.20 Å². The Labute approximate surface area is 78.4 Å². The average Bonchev–Trinajstić information content (AvgIpc) is 2.17. The first-order chi connectivity index (χ1) is 6.24.